The molecule has 0 aromatic carbocycles. The number of nitrogens with one attached hydrogen (secondary N) is 1. The van der Waals surface area contributed by atoms with Gasteiger partial charge >= 0.3 is 0 Å². The quantitative estimate of drug-likeness (QED) is 0.458. The summed E-state index contributed by atoms with van der Waals surface area (Å²) in [6.07, 6.45) is 10.8. The van der Waals surface area contributed by atoms with E-state index in [1.165, 1.54) is 64.5 Å². The monoisotopic (exact) mass is 284 g/mol. The Morgan fingerprint density at radius 3 is 2.00 bits per heavy atom. The minimum Gasteiger partial charge on any atom is -0.330 e. The predicted molar refractivity (Wildman–Crippen MR) is 92.0 cm³/mol. The summed E-state index contributed by atoms with van der Waals surface area (Å²) in [6.45, 7) is 12.5. The lowest BCUT2D eigenvalue weighted by atomic mass is 9.88. The van der Waals surface area contributed by atoms with E-state index in [1.807, 2.05) is 0 Å². The van der Waals surface area contributed by atoms with Crippen LogP contribution in [0.25, 0.3) is 0 Å². The standard InChI is InChI=1S/C18H40N2/c1-16(2)10-7-5-6-8-14-20-15-9-11-18(12-13-19)17(3)4/h16-18,20H,5-15,19H2,1-4H3. The van der Waals surface area contributed by atoms with E-state index in [2.05, 4.69) is 33.0 Å². The van der Waals surface area contributed by atoms with Crippen molar-refractivity contribution in [3.8, 4) is 0 Å². The summed E-state index contributed by atoms with van der Waals surface area (Å²) in [6, 6.07) is 0. The van der Waals surface area contributed by atoms with Crippen LogP contribution in [0.3, 0.4) is 0 Å². The van der Waals surface area contributed by atoms with Crippen LogP contribution in [0.1, 0.15) is 79.1 Å². The average Bonchev–Trinajstić information content (AvgIpc) is 2.39. The van der Waals surface area contributed by atoms with Gasteiger partial charge in [0.25, 0.3) is 0 Å². The van der Waals surface area contributed by atoms with Gasteiger partial charge in [0.15, 0.2) is 0 Å². The Balaban J connectivity index is 3.27. The molecule has 0 radical (unpaired) electrons. The molecule has 0 bridgehead atoms. The van der Waals surface area contributed by atoms with Gasteiger partial charge in [0.2, 0.25) is 0 Å². The van der Waals surface area contributed by atoms with Crippen LogP contribution in [0.15, 0.2) is 0 Å². The van der Waals surface area contributed by atoms with Crippen LogP contribution in [0.5, 0.6) is 0 Å². The van der Waals surface area contributed by atoms with Crippen molar-refractivity contribution in [1.29, 1.82) is 0 Å². The largest absolute Gasteiger partial charge is 0.330 e. The van der Waals surface area contributed by atoms with E-state index in [0.29, 0.717) is 0 Å². The van der Waals surface area contributed by atoms with Crippen molar-refractivity contribution >= 4 is 0 Å². The van der Waals surface area contributed by atoms with Crippen molar-refractivity contribution < 1.29 is 0 Å². The molecule has 122 valence electrons. The molecule has 1 atom stereocenters. The summed E-state index contributed by atoms with van der Waals surface area (Å²) < 4.78 is 0. The van der Waals surface area contributed by atoms with Gasteiger partial charge in [0.05, 0.1) is 0 Å². The normalized spacial score (nSPS) is 13.3. The second-order valence-corrected chi connectivity index (χ2v) is 7.07. The van der Waals surface area contributed by atoms with Crippen molar-refractivity contribution in [2.24, 2.45) is 23.5 Å². The first-order chi connectivity index (χ1) is 9.57. The Bertz CT molecular complexity index is 190. The lowest BCUT2D eigenvalue weighted by Crippen LogP contribution is -2.20. The summed E-state index contributed by atoms with van der Waals surface area (Å²) in [5, 5.41) is 3.59. The van der Waals surface area contributed by atoms with E-state index < -0.39 is 0 Å². The highest BCUT2D eigenvalue weighted by molar-refractivity contribution is 4.64. The Morgan fingerprint density at radius 1 is 0.750 bits per heavy atom. The molecule has 0 saturated heterocycles. The van der Waals surface area contributed by atoms with Crippen molar-refractivity contribution in [3.63, 3.8) is 0 Å². The second kappa shape index (κ2) is 13.9. The van der Waals surface area contributed by atoms with Crippen LogP contribution in [0, 0.1) is 17.8 Å². The second-order valence-electron chi connectivity index (χ2n) is 7.07. The molecule has 0 aliphatic heterocycles. The first-order valence-corrected chi connectivity index (χ1v) is 8.98. The Kier molecular flexibility index (Phi) is 13.8. The fourth-order valence-electron chi connectivity index (χ4n) is 2.80. The Morgan fingerprint density at radius 2 is 1.40 bits per heavy atom. The molecule has 0 aliphatic rings. The molecule has 0 fully saturated rings. The molecule has 2 heteroatoms. The summed E-state index contributed by atoms with van der Waals surface area (Å²) in [4.78, 5) is 0. The Hall–Kier alpha value is -0.0800. The molecule has 3 N–H and O–H groups in total. The predicted octanol–water partition coefficient (Wildman–Crippen LogP) is 4.58. The Labute approximate surface area is 128 Å². The van der Waals surface area contributed by atoms with Crippen molar-refractivity contribution in [3.05, 3.63) is 0 Å². The number of hydrogen-bond acceptors (Lipinski definition) is 2. The van der Waals surface area contributed by atoms with E-state index in [9.17, 15) is 0 Å². The smallest absolute Gasteiger partial charge is 0.00488 e. The van der Waals surface area contributed by atoms with Gasteiger partial charge < -0.3 is 11.1 Å². The van der Waals surface area contributed by atoms with Crippen LogP contribution in [-0.2, 0) is 0 Å². The van der Waals surface area contributed by atoms with Gasteiger partial charge in [-0.15, -0.1) is 0 Å². The summed E-state index contributed by atoms with van der Waals surface area (Å²) in [7, 11) is 0. The summed E-state index contributed by atoms with van der Waals surface area (Å²) in [5.74, 6) is 2.47. The van der Waals surface area contributed by atoms with Crippen LogP contribution >= 0.6 is 0 Å². The summed E-state index contributed by atoms with van der Waals surface area (Å²) in [5.41, 5.74) is 5.68. The van der Waals surface area contributed by atoms with Gasteiger partial charge in [-0.25, -0.2) is 0 Å². The van der Waals surface area contributed by atoms with E-state index in [4.69, 9.17) is 5.73 Å². The molecule has 0 aromatic heterocycles. The van der Waals surface area contributed by atoms with Crippen LogP contribution < -0.4 is 11.1 Å². The zero-order valence-electron chi connectivity index (χ0n) is 14.6. The third-order valence-electron chi connectivity index (χ3n) is 4.29. The molecule has 0 aliphatic carbocycles. The highest BCUT2D eigenvalue weighted by Crippen LogP contribution is 2.19. The molecule has 20 heavy (non-hydrogen) atoms. The van der Waals surface area contributed by atoms with Gasteiger partial charge in [-0.1, -0.05) is 53.4 Å². The van der Waals surface area contributed by atoms with Gasteiger partial charge in [-0.3, -0.25) is 0 Å². The maximum atomic E-state index is 5.68. The number of nitrogens with two attached hydrogens (primary N) is 1. The van der Waals surface area contributed by atoms with Gasteiger partial charge in [-0.2, -0.15) is 0 Å². The molecule has 0 rings (SSSR count). The molecule has 0 saturated carbocycles. The van der Waals surface area contributed by atoms with E-state index in [0.717, 1.165) is 24.3 Å². The van der Waals surface area contributed by atoms with Gasteiger partial charge in [-0.05, 0) is 63.1 Å². The number of unbranched alkanes of at least 4 members (excludes halogenated alkanes) is 3. The lowest BCUT2D eigenvalue weighted by Gasteiger charge is -2.20. The minimum absolute atomic E-state index is 0.777. The fraction of sp³-hybridized carbons (Fsp3) is 1.00. The maximum Gasteiger partial charge on any atom is -0.00488 e. The van der Waals surface area contributed by atoms with Gasteiger partial charge in [0.1, 0.15) is 0 Å². The number of hydrogen-bond donors (Lipinski definition) is 2. The maximum absolute atomic E-state index is 5.68. The van der Waals surface area contributed by atoms with Crippen molar-refractivity contribution in [2.45, 2.75) is 79.1 Å². The molecule has 1 unspecified atom stereocenters. The highest BCUT2D eigenvalue weighted by atomic mass is 14.8. The fourth-order valence-corrected chi connectivity index (χ4v) is 2.80. The SMILES string of the molecule is CC(C)CCCCCCNCCCC(CCN)C(C)C. The van der Waals surface area contributed by atoms with Crippen LogP contribution in [0.4, 0.5) is 0 Å². The van der Waals surface area contributed by atoms with Crippen LogP contribution in [-0.4, -0.2) is 19.6 Å². The number of rotatable bonds is 14. The van der Waals surface area contributed by atoms with Crippen LogP contribution in [0.2, 0.25) is 0 Å². The van der Waals surface area contributed by atoms with E-state index in [-0.39, 0.29) is 0 Å². The third-order valence-corrected chi connectivity index (χ3v) is 4.29. The minimum atomic E-state index is 0.777. The first-order valence-electron chi connectivity index (χ1n) is 8.98. The van der Waals surface area contributed by atoms with Crippen molar-refractivity contribution in [2.75, 3.05) is 19.6 Å². The topological polar surface area (TPSA) is 38.0 Å². The molecule has 0 amide bonds. The average molecular weight is 285 g/mol. The zero-order chi connectivity index (χ0) is 15.2. The van der Waals surface area contributed by atoms with Gasteiger partial charge in [0, 0.05) is 0 Å². The van der Waals surface area contributed by atoms with E-state index in [1.54, 1.807) is 0 Å². The third kappa shape index (κ3) is 12.9. The molecule has 0 aromatic rings. The molecular formula is C18H40N2. The molecule has 0 spiro atoms. The molecule has 0 heterocycles. The van der Waals surface area contributed by atoms with Crippen molar-refractivity contribution in [1.82, 2.24) is 5.32 Å². The molecule has 2 nitrogen and oxygen atoms in total. The lowest BCUT2D eigenvalue weighted by molar-refractivity contribution is 0.331. The van der Waals surface area contributed by atoms with E-state index >= 15 is 0 Å². The first kappa shape index (κ1) is 19.9. The molecular weight excluding hydrogens is 244 g/mol. The summed E-state index contributed by atoms with van der Waals surface area (Å²) >= 11 is 0. The zero-order valence-corrected chi connectivity index (χ0v) is 14.6. The highest BCUT2D eigenvalue weighted by Gasteiger charge is 2.11.